The maximum absolute atomic E-state index is 12.1. The number of hydrogen-bond donors (Lipinski definition) is 0. The van der Waals surface area contributed by atoms with Gasteiger partial charge in [-0.2, -0.15) is 10.2 Å². The monoisotopic (exact) mass is 267 g/mol. The lowest BCUT2D eigenvalue weighted by atomic mass is 10.3. The molecule has 6 nitrogen and oxygen atoms in total. The Hall–Kier alpha value is -1.82. The summed E-state index contributed by atoms with van der Waals surface area (Å²) in [6.07, 6.45) is 5.19. The zero-order valence-corrected chi connectivity index (χ0v) is 11.2. The molecule has 1 amide bonds. The van der Waals surface area contributed by atoms with Crippen LogP contribution in [-0.2, 0) is 20.6 Å². The molecule has 2 aromatic heterocycles. The summed E-state index contributed by atoms with van der Waals surface area (Å²) in [5, 5.41) is 8.47. The first kappa shape index (κ1) is 12.6. The van der Waals surface area contributed by atoms with Crippen LogP contribution in [-0.4, -0.2) is 37.4 Å². The number of aryl methyl sites for hydroxylation is 2. The van der Waals surface area contributed by atoms with Crippen molar-refractivity contribution in [2.75, 3.05) is 7.05 Å². The fraction of sp³-hybridized carbons (Fsp3) is 0.364. The number of nitrogens with zero attached hydrogens (tertiary/aromatic N) is 5. The second kappa shape index (κ2) is 4.81. The molecule has 0 radical (unpaired) electrons. The van der Waals surface area contributed by atoms with Gasteiger partial charge in [-0.05, 0) is 0 Å². The van der Waals surface area contributed by atoms with E-state index < -0.39 is 0 Å². The Bertz CT molecular complexity index is 574. The van der Waals surface area contributed by atoms with E-state index >= 15 is 0 Å². The number of carbonyl (C=O) groups is 1. The highest BCUT2D eigenvalue weighted by Crippen LogP contribution is 2.15. The van der Waals surface area contributed by atoms with Crippen LogP contribution in [0.2, 0.25) is 5.02 Å². The van der Waals surface area contributed by atoms with Crippen LogP contribution in [0.5, 0.6) is 0 Å². The molecule has 0 saturated carbocycles. The molecule has 96 valence electrons. The molecule has 7 heteroatoms. The van der Waals surface area contributed by atoms with E-state index in [0.717, 1.165) is 5.56 Å². The van der Waals surface area contributed by atoms with E-state index in [0.29, 0.717) is 11.6 Å². The van der Waals surface area contributed by atoms with E-state index in [4.69, 9.17) is 11.6 Å². The number of hydrogen-bond acceptors (Lipinski definition) is 3. The van der Waals surface area contributed by atoms with E-state index in [1.807, 2.05) is 13.2 Å². The van der Waals surface area contributed by atoms with Crippen molar-refractivity contribution < 1.29 is 4.79 Å². The van der Waals surface area contributed by atoms with Crippen molar-refractivity contribution >= 4 is 17.5 Å². The van der Waals surface area contributed by atoms with Gasteiger partial charge in [0.1, 0.15) is 0 Å². The number of rotatable bonds is 3. The van der Waals surface area contributed by atoms with Gasteiger partial charge in [-0.25, -0.2) is 0 Å². The Balaban J connectivity index is 2.11. The van der Waals surface area contributed by atoms with Gasteiger partial charge in [-0.3, -0.25) is 14.2 Å². The molecule has 0 atom stereocenters. The molecule has 0 saturated heterocycles. The van der Waals surface area contributed by atoms with Gasteiger partial charge in [0, 0.05) is 45.6 Å². The summed E-state index contributed by atoms with van der Waals surface area (Å²) in [6, 6.07) is 0. The van der Waals surface area contributed by atoms with Crippen molar-refractivity contribution in [3.05, 3.63) is 34.9 Å². The van der Waals surface area contributed by atoms with Crippen molar-refractivity contribution in [3.63, 3.8) is 0 Å². The highest BCUT2D eigenvalue weighted by molar-refractivity contribution is 6.33. The molecule has 0 spiro atoms. The second-order valence-corrected chi connectivity index (χ2v) is 4.59. The van der Waals surface area contributed by atoms with E-state index in [2.05, 4.69) is 10.2 Å². The minimum atomic E-state index is -0.204. The first-order valence-electron chi connectivity index (χ1n) is 5.39. The highest BCUT2D eigenvalue weighted by atomic mass is 35.5. The van der Waals surface area contributed by atoms with Gasteiger partial charge in [0.2, 0.25) is 0 Å². The van der Waals surface area contributed by atoms with Crippen LogP contribution in [0.1, 0.15) is 16.1 Å². The Morgan fingerprint density at radius 2 is 2.11 bits per heavy atom. The third-order valence-corrected chi connectivity index (χ3v) is 2.79. The van der Waals surface area contributed by atoms with E-state index in [1.165, 1.54) is 4.68 Å². The predicted octanol–water partition coefficient (Wildman–Crippen LogP) is 1.08. The van der Waals surface area contributed by atoms with E-state index in [9.17, 15) is 4.79 Å². The molecule has 18 heavy (non-hydrogen) atoms. The van der Waals surface area contributed by atoms with E-state index in [-0.39, 0.29) is 11.6 Å². The lowest BCUT2D eigenvalue weighted by Crippen LogP contribution is -2.26. The highest BCUT2D eigenvalue weighted by Gasteiger charge is 2.19. The lowest BCUT2D eigenvalue weighted by Gasteiger charge is -2.14. The Labute approximate surface area is 110 Å². The SMILES string of the molecule is CN(Cc1cnn(C)c1)C(=O)c1nn(C)cc1Cl. The van der Waals surface area contributed by atoms with Crippen LogP contribution in [0.4, 0.5) is 0 Å². The third kappa shape index (κ3) is 2.53. The zero-order valence-electron chi connectivity index (χ0n) is 10.5. The van der Waals surface area contributed by atoms with Crippen LogP contribution in [0.3, 0.4) is 0 Å². The summed E-state index contributed by atoms with van der Waals surface area (Å²) in [7, 11) is 5.27. The zero-order chi connectivity index (χ0) is 13.3. The van der Waals surface area contributed by atoms with Crippen LogP contribution in [0.15, 0.2) is 18.6 Å². The normalized spacial score (nSPS) is 10.7. The maximum atomic E-state index is 12.1. The van der Waals surface area contributed by atoms with E-state index in [1.54, 1.807) is 36.1 Å². The lowest BCUT2D eigenvalue weighted by molar-refractivity contribution is 0.0778. The minimum absolute atomic E-state index is 0.204. The van der Waals surface area contributed by atoms with Gasteiger partial charge in [0.15, 0.2) is 5.69 Å². The standard InChI is InChI=1S/C11H14ClN5O/c1-15(5-8-4-13-16(2)6-8)11(18)10-9(12)7-17(3)14-10/h4,6-7H,5H2,1-3H3. The fourth-order valence-corrected chi connectivity index (χ4v) is 1.94. The molecule has 2 rings (SSSR count). The summed E-state index contributed by atoms with van der Waals surface area (Å²) in [4.78, 5) is 13.7. The number of halogens is 1. The van der Waals surface area contributed by atoms with Crippen molar-refractivity contribution in [2.24, 2.45) is 14.1 Å². The van der Waals surface area contributed by atoms with Crippen LogP contribution in [0, 0.1) is 0 Å². The summed E-state index contributed by atoms with van der Waals surface area (Å²) < 4.78 is 3.22. The minimum Gasteiger partial charge on any atom is -0.336 e. The van der Waals surface area contributed by atoms with Crippen molar-refractivity contribution in [2.45, 2.75) is 6.54 Å². The summed E-state index contributed by atoms with van der Waals surface area (Å²) in [5.41, 5.74) is 1.23. The van der Waals surface area contributed by atoms with Crippen molar-refractivity contribution in [1.29, 1.82) is 0 Å². The first-order chi connectivity index (χ1) is 8.47. The first-order valence-corrected chi connectivity index (χ1v) is 5.77. The molecule has 0 aliphatic carbocycles. The van der Waals surface area contributed by atoms with Gasteiger partial charge < -0.3 is 4.90 Å². The largest absolute Gasteiger partial charge is 0.336 e. The molecule has 0 aromatic carbocycles. The topological polar surface area (TPSA) is 56.0 Å². The van der Waals surface area contributed by atoms with Crippen molar-refractivity contribution in [3.8, 4) is 0 Å². The summed E-state index contributed by atoms with van der Waals surface area (Å²) >= 11 is 5.94. The Kier molecular flexibility index (Phi) is 3.38. The average Bonchev–Trinajstić information content (AvgIpc) is 2.84. The number of aromatic nitrogens is 4. The third-order valence-electron chi connectivity index (χ3n) is 2.51. The molecule has 2 aromatic rings. The molecule has 2 heterocycles. The summed E-state index contributed by atoms with van der Waals surface area (Å²) in [5.74, 6) is -0.204. The quantitative estimate of drug-likeness (QED) is 0.836. The Morgan fingerprint density at radius 1 is 1.39 bits per heavy atom. The molecule has 0 fully saturated rings. The Morgan fingerprint density at radius 3 is 2.61 bits per heavy atom. The summed E-state index contributed by atoms with van der Waals surface area (Å²) in [6.45, 7) is 0.472. The predicted molar refractivity (Wildman–Crippen MR) is 67.2 cm³/mol. The van der Waals surface area contributed by atoms with Gasteiger partial charge in [0.05, 0.1) is 11.2 Å². The molecule has 0 aliphatic rings. The van der Waals surface area contributed by atoms with Gasteiger partial charge >= 0.3 is 0 Å². The molecule has 0 N–H and O–H groups in total. The molecule has 0 bridgehead atoms. The van der Waals surface area contributed by atoms with Crippen LogP contribution >= 0.6 is 11.6 Å². The number of carbonyl (C=O) groups excluding carboxylic acids is 1. The van der Waals surface area contributed by atoms with Gasteiger partial charge in [-0.15, -0.1) is 0 Å². The van der Waals surface area contributed by atoms with Crippen LogP contribution < -0.4 is 0 Å². The van der Waals surface area contributed by atoms with Crippen molar-refractivity contribution in [1.82, 2.24) is 24.5 Å². The molecule has 0 unspecified atom stereocenters. The molecule has 0 aliphatic heterocycles. The average molecular weight is 268 g/mol. The number of amides is 1. The second-order valence-electron chi connectivity index (χ2n) is 4.18. The molecular weight excluding hydrogens is 254 g/mol. The van der Waals surface area contributed by atoms with Gasteiger partial charge in [-0.1, -0.05) is 11.6 Å². The fourth-order valence-electron chi connectivity index (χ4n) is 1.68. The molecular formula is C11H14ClN5O. The van der Waals surface area contributed by atoms with Gasteiger partial charge in [0.25, 0.3) is 5.91 Å². The smallest absolute Gasteiger partial charge is 0.275 e. The van der Waals surface area contributed by atoms with Crippen LogP contribution in [0.25, 0.3) is 0 Å². The maximum Gasteiger partial charge on any atom is 0.275 e.